The Kier molecular flexibility index (Phi) is 5.48. The number of ether oxygens (including phenoxy) is 2. The first-order chi connectivity index (χ1) is 11.9. The molecule has 1 N–H and O–H groups in total. The molecular weight excluding hydrogens is 344 g/mol. The van der Waals surface area contributed by atoms with Gasteiger partial charge in [-0.25, -0.2) is 8.42 Å². The van der Waals surface area contributed by atoms with Gasteiger partial charge in [-0.2, -0.15) is 4.31 Å². The summed E-state index contributed by atoms with van der Waals surface area (Å²) in [5.74, 6) is 0.986. The standard InChI is InChI=1S/C17H24N2O5S/c1-25(21,22)19(11-17(20)18-14-5-3-2-4-6-14)10-13-7-8-15-16(9-13)24-12-23-15/h7-9,14H,2-6,10-12H2,1H3,(H,18,20). The highest BCUT2D eigenvalue weighted by molar-refractivity contribution is 7.88. The molecule has 0 unspecified atom stereocenters. The third kappa shape index (κ3) is 4.85. The minimum Gasteiger partial charge on any atom is -0.454 e. The molecule has 0 aromatic heterocycles. The highest BCUT2D eigenvalue weighted by Gasteiger charge is 2.24. The smallest absolute Gasteiger partial charge is 0.235 e. The van der Waals surface area contributed by atoms with E-state index >= 15 is 0 Å². The van der Waals surface area contributed by atoms with E-state index in [0.29, 0.717) is 11.5 Å². The number of nitrogens with zero attached hydrogens (tertiary/aromatic N) is 1. The SMILES string of the molecule is CS(=O)(=O)N(CC(=O)NC1CCCCC1)Cc1ccc2c(c1)OCO2. The topological polar surface area (TPSA) is 84.9 Å². The first-order valence-corrected chi connectivity index (χ1v) is 10.4. The number of nitrogens with one attached hydrogen (secondary N) is 1. The number of rotatable bonds is 6. The van der Waals surface area contributed by atoms with Crippen LogP contribution in [0.25, 0.3) is 0 Å². The Morgan fingerprint density at radius 3 is 2.64 bits per heavy atom. The highest BCUT2D eigenvalue weighted by Crippen LogP contribution is 2.32. The largest absolute Gasteiger partial charge is 0.454 e. The zero-order valence-corrected chi connectivity index (χ0v) is 15.2. The van der Waals surface area contributed by atoms with E-state index in [1.807, 2.05) is 0 Å². The zero-order valence-electron chi connectivity index (χ0n) is 14.4. The van der Waals surface area contributed by atoms with Crippen LogP contribution >= 0.6 is 0 Å². The molecule has 1 amide bonds. The quantitative estimate of drug-likeness (QED) is 0.825. The number of benzene rings is 1. The van der Waals surface area contributed by atoms with Gasteiger partial charge in [0, 0.05) is 12.6 Å². The normalized spacial score (nSPS) is 17.7. The fourth-order valence-electron chi connectivity index (χ4n) is 3.21. The molecule has 0 bridgehead atoms. The van der Waals surface area contributed by atoms with E-state index in [0.717, 1.165) is 37.5 Å². The van der Waals surface area contributed by atoms with Crippen molar-refractivity contribution in [1.29, 1.82) is 0 Å². The van der Waals surface area contributed by atoms with Crippen molar-refractivity contribution in [2.24, 2.45) is 0 Å². The minimum absolute atomic E-state index is 0.119. The van der Waals surface area contributed by atoms with Crippen molar-refractivity contribution in [3.63, 3.8) is 0 Å². The molecule has 8 heteroatoms. The van der Waals surface area contributed by atoms with Crippen LogP contribution in [0.15, 0.2) is 18.2 Å². The van der Waals surface area contributed by atoms with Gasteiger partial charge in [-0.15, -0.1) is 0 Å². The molecule has 1 fully saturated rings. The van der Waals surface area contributed by atoms with Crippen molar-refractivity contribution in [2.75, 3.05) is 19.6 Å². The van der Waals surface area contributed by atoms with Crippen LogP contribution < -0.4 is 14.8 Å². The highest BCUT2D eigenvalue weighted by atomic mass is 32.2. The summed E-state index contributed by atoms with van der Waals surface area (Å²) in [5, 5.41) is 2.96. The first kappa shape index (κ1) is 18.0. The van der Waals surface area contributed by atoms with Gasteiger partial charge in [0.15, 0.2) is 11.5 Å². The molecule has 1 aromatic rings. The summed E-state index contributed by atoms with van der Waals surface area (Å²) in [4.78, 5) is 12.3. The predicted molar refractivity (Wildman–Crippen MR) is 92.8 cm³/mol. The van der Waals surface area contributed by atoms with Crippen LogP contribution in [0.2, 0.25) is 0 Å². The fraction of sp³-hybridized carbons (Fsp3) is 0.588. The second-order valence-electron chi connectivity index (χ2n) is 6.62. The Bertz CT molecular complexity index is 729. The molecule has 0 radical (unpaired) electrons. The molecular formula is C17H24N2O5S. The molecule has 25 heavy (non-hydrogen) atoms. The number of carbonyl (C=O) groups is 1. The lowest BCUT2D eigenvalue weighted by Crippen LogP contribution is -2.44. The lowest BCUT2D eigenvalue weighted by molar-refractivity contribution is -0.122. The number of carbonyl (C=O) groups excluding carboxylic acids is 1. The molecule has 138 valence electrons. The van der Waals surface area contributed by atoms with Crippen LogP contribution in [0.3, 0.4) is 0 Å². The van der Waals surface area contributed by atoms with Gasteiger partial charge in [-0.1, -0.05) is 25.3 Å². The van der Waals surface area contributed by atoms with Crippen molar-refractivity contribution < 1.29 is 22.7 Å². The molecule has 0 spiro atoms. The van der Waals surface area contributed by atoms with Gasteiger partial charge in [0.1, 0.15) is 0 Å². The lowest BCUT2D eigenvalue weighted by atomic mass is 9.95. The van der Waals surface area contributed by atoms with Crippen molar-refractivity contribution >= 4 is 15.9 Å². The monoisotopic (exact) mass is 368 g/mol. The molecule has 1 saturated carbocycles. The van der Waals surface area contributed by atoms with E-state index in [1.54, 1.807) is 18.2 Å². The molecule has 1 heterocycles. The van der Waals surface area contributed by atoms with Crippen molar-refractivity contribution in [3.05, 3.63) is 23.8 Å². The first-order valence-electron chi connectivity index (χ1n) is 8.55. The molecule has 7 nitrogen and oxygen atoms in total. The maximum atomic E-state index is 12.3. The molecule has 2 aliphatic rings. The van der Waals surface area contributed by atoms with E-state index in [-0.39, 0.29) is 31.8 Å². The average molecular weight is 368 g/mol. The summed E-state index contributed by atoms with van der Waals surface area (Å²) in [7, 11) is -3.51. The summed E-state index contributed by atoms with van der Waals surface area (Å²) >= 11 is 0. The summed E-state index contributed by atoms with van der Waals surface area (Å²) in [6.07, 6.45) is 6.47. The molecule has 0 atom stereocenters. The average Bonchev–Trinajstić information content (AvgIpc) is 3.02. The van der Waals surface area contributed by atoms with Crippen molar-refractivity contribution in [3.8, 4) is 11.5 Å². The Labute approximate surface area is 148 Å². The Morgan fingerprint density at radius 2 is 1.92 bits per heavy atom. The maximum absolute atomic E-state index is 12.3. The van der Waals surface area contributed by atoms with E-state index in [1.165, 1.54) is 10.7 Å². The fourth-order valence-corrected chi connectivity index (χ4v) is 3.95. The van der Waals surface area contributed by atoms with Crippen molar-refractivity contribution in [1.82, 2.24) is 9.62 Å². The minimum atomic E-state index is -3.51. The van der Waals surface area contributed by atoms with Crippen LogP contribution in [-0.4, -0.2) is 44.3 Å². The zero-order chi connectivity index (χ0) is 17.9. The van der Waals surface area contributed by atoms with Gasteiger partial charge in [-0.05, 0) is 30.5 Å². The van der Waals surface area contributed by atoms with Gasteiger partial charge in [-0.3, -0.25) is 4.79 Å². The number of amides is 1. The van der Waals surface area contributed by atoms with Gasteiger partial charge < -0.3 is 14.8 Å². The molecule has 1 aliphatic carbocycles. The van der Waals surface area contributed by atoms with Crippen LogP contribution in [0.4, 0.5) is 0 Å². The number of hydrogen-bond acceptors (Lipinski definition) is 5. The molecule has 0 saturated heterocycles. The molecule has 3 rings (SSSR count). The maximum Gasteiger partial charge on any atom is 0.235 e. The van der Waals surface area contributed by atoms with Crippen LogP contribution in [0, 0.1) is 0 Å². The Balaban J connectivity index is 1.64. The Hall–Kier alpha value is -1.80. The van der Waals surface area contributed by atoms with E-state index < -0.39 is 10.0 Å². The number of hydrogen-bond donors (Lipinski definition) is 1. The van der Waals surface area contributed by atoms with Crippen LogP contribution in [0.1, 0.15) is 37.7 Å². The summed E-state index contributed by atoms with van der Waals surface area (Å²) < 4.78 is 35.9. The summed E-state index contributed by atoms with van der Waals surface area (Å²) in [5.41, 5.74) is 0.750. The van der Waals surface area contributed by atoms with E-state index in [2.05, 4.69) is 5.32 Å². The summed E-state index contributed by atoms with van der Waals surface area (Å²) in [6.45, 7) is 0.107. The second-order valence-corrected chi connectivity index (χ2v) is 8.60. The summed E-state index contributed by atoms with van der Waals surface area (Å²) in [6, 6.07) is 5.44. The third-order valence-electron chi connectivity index (χ3n) is 4.56. The molecule has 1 aliphatic heterocycles. The van der Waals surface area contributed by atoms with Crippen LogP contribution in [-0.2, 0) is 21.4 Å². The molecule has 1 aromatic carbocycles. The van der Waals surface area contributed by atoms with E-state index in [9.17, 15) is 13.2 Å². The van der Waals surface area contributed by atoms with Crippen molar-refractivity contribution in [2.45, 2.75) is 44.7 Å². The number of fused-ring (bicyclic) bond motifs is 1. The number of sulfonamides is 1. The van der Waals surface area contributed by atoms with Gasteiger partial charge in [0.25, 0.3) is 0 Å². The van der Waals surface area contributed by atoms with Gasteiger partial charge >= 0.3 is 0 Å². The lowest BCUT2D eigenvalue weighted by Gasteiger charge is -2.25. The second kappa shape index (κ2) is 7.61. The Morgan fingerprint density at radius 1 is 1.20 bits per heavy atom. The van der Waals surface area contributed by atoms with Crippen LogP contribution in [0.5, 0.6) is 11.5 Å². The van der Waals surface area contributed by atoms with Gasteiger partial charge in [0.05, 0.1) is 12.8 Å². The van der Waals surface area contributed by atoms with Gasteiger partial charge in [0.2, 0.25) is 22.7 Å². The van der Waals surface area contributed by atoms with E-state index in [4.69, 9.17) is 9.47 Å². The third-order valence-corrected chi connectivity index (χ3v) is 5.75. The predicted octanol–water partition coefficient (Wildman–Crippen LogP) is 1.63.